The molecule has 0 aliphatic heterocycles. The van der Waals surface area contributed by atoms with Gasteiger partial charge < -0.3 is 14.2 Å². The van der Waals surface area contributed by atoms with Crippen LogP contribution < -0.4 is 0 Å². The number of carbonyl (C=O) groups excluding carboxylic acids is 3. The van der Waals surface area contributed by atoms with Gasteiger partial charge in [-0.15, -0.1) is 0 Å². The van der Waals surface area contributed by atoms with Gasteiger partial charge in [-0.2, -0.15) is 0 Å². The van der Waals surface area contributed by atoms with Crippen molar-refractivity contribution in [1.29, 1.82) is 0 Å². The van der Waals surface area contributed by atoms with Crippen molar-refractivity contribution in [2.45, 2.75) is 406 Å². The van der Waals surface area contributed by atoms with E-state index in [4.69, 9.17) is 14.2 Å². The van der Waals surface area contributed by atoms with Crippen LogP contribution in [0.4, 0.5) is 0 Å². The minimum Gasteiger partial charge on any atom is -0.462 e. The van der Waals surface area contributed by atoms with Crippen LogP contribution in [-0.2, 0) is 28.6 Å². The number of unbranched alkanes of at least 4 members (excludes halogenated alkanes) is 49. The molecular formula is C76H140O6. The number of ether oxygens (including phenoxy) is 3. The Labute approximate surface area is 511 Å². The van der Waals surface area contributed by atoms with Crippen LogP contribution in [-0.4, -0.2) is 37.2 Å². The van der Waals surface area contributed by atoms with Gasteiger partial charge in [0.05, 0.1) is 0 Å². The summed E-state index contributed by atoms with van der Waals surface area (Å²) in [7, 11) is 0. The maximum absolute atomic E-state index is 13.0. The molecule has 0 saturated heterocycles. The number of hydrogen-bond donors (Lipinski definition) is 0. The first kappa shape index (κ1) is 79.4. The first-order valence-electron chi connectivity index (χ1n) is 36.6. The van der Waals surface area contributed by atoms with E-state index in [9.17, 15) is 14.4 Å². The van der Waals surface area contributed by atoms with Crippen LogP contribution in [0.15, 0.2) is 48.6 Å². The fourth-order valence-corrected chi connectivity index (χ4v) is 11.0. The monoisotopic (exact) mass is 1150 g/mol. The first-order valence-corrected chi connectivity index (χ1v) is 36.6. The molecule has 1 unspecified atom stereocenters. The maximum atomic E-state index is 13.0. The summed E-state index contributed by atoms with van der Waals surface area (Å²) in [5.41, 5.74) is 0. The Balaban J connectivity index is 4.28. The van der Waals surface area contributed by atoms with Gasteiger partial charge >= 0.3 is 17.9 Å². The summed E-state index contributed by atoms with van der Waals surface area (Å²) in [5, 5.41) is 0. The third-order valence-corrected chi connectivity index (χ3v) is 16.5. The molecule has 6 heteroatoms. The molecule has 1 atom stereocenters. The lowest BCUT2D eigenvalue weighted by Crippen LogP contribution is -2.30. The SMILES string of the molecule is CCCCCCC/C=C\C/C=C\CCCCCCCCCCCCCCCCCC(=O)OCC(COC(=O)CCCCCCC/C=C\CCCCCCCCC)OC(=O)CCCCCCCCCCC/C=C\CCCCCCCCCC. The number of rotatable bonds is 68. The second-order valence-corrected chi connectivity index (χ2v) is 24.8. The Morgan fingerprint density at radius 2 is 0.439 bits per heavy atom. The molecule has 0 amide bonds. The lowest BCUT2D eigenvalue weighted by Gasteiger charge is -2.18. The van der Waals surface area contributed by atoms with E-state index in [0.29, 0.717) is 19.3 Å². The van der Waals surface area contributed by atoms with Gasteiger partial charge in [-0.25, -0.2) is 0 Å². The van der Waals surface area contributed by atoms with Crippen LogP contribution in [0.3, 0.4) is 0 Å². The normalized spacial score (nSPS) is 12.3. The van der Waals surface area contributed by atoms with Gasteiger partial charge in [0.25, 0.3) is 0 Å². The second kappa shape index (κ2) is 70.9. The summed E-state index contributed by atoms with van der Waals surface area (Å²) in [6.07, 6.45) is 90.0. The van der Waals surface area contributed by atoms with Crippen molar-refractivity contribution in [3.63, 3.8) is 0 Å². The highest BCUT2D eigenvalue weighted by Crippen LogP contribution is 2.18. The lowest BCUT2D eigenvalue weighted by atomic mass is 10.0. The Hall–Kier alpha value is -2.63. The molecule has 0 saturated carbocycles. The molecule has 0 aliphatic carbocycles. The highest BCUT2D eigenvalue weighted by Gasteiger charge is 2.19. The van der Waals surface area contributed by atoms with Gasteiger partial charge in [0.2, 0.25) is 0 Å². The molecule has 0 rings (SSSR count). The molecule has 0 aromatic heterocycles. The minimum absolute atomic E-state index is 0.0728. The fraction of sp³-hybridized carbons (Fsp3) is 0.855. The summed E-state index contributed by atoms with van der Waals surface area (Å²) < 4.78 is 17.0. The summed E-state index contributed by atoms with van der Waals surface area (Å²) in [4.78, 5) is 38.5. The molecule has 6 nitrogen and oxygen atoms in total. The van der Waals surface area contributed by atoms with Crippen molar-refractivity contribution in [1.82, 2.24) is 0 Å². The molecule has 0 N–H and O–H groups in total. The standard InChI is InChI=1S/C76H140O6/c1-4-7-10-13-16-19-22-25-28-31-33-35-36-37-38-39-40-42-43-45-48-51-54-57-60-63-66-69-75(78)81-72-73(71-80-74(77)68-65-62-59-56-53-50-47-30-27-24-21-18-15-12-9-6-3)82-76(79)70-67-64-61-58-55-52-49-46-44-41-34-32-29-26-23-20-17-14-11-8-5-2/h22,25,30-34,47,73H,4-21,23-24,26-29,35-46,48-72H2,1-3H3/b25-22-,33-31-,34-32-,47-30-. The van der Waals surface area contributed by atoms with Crippen molar-refractivity contribution < 1.29 is 28.6 Å². The molecule has 0 bridgehead atoms. The van der Waals surface area contributed by atoms with Crippen molar-refractivity contribution >= 4 is 17.9 Å². The van der Waals surface area contributed by atoms with Crippen LogP contribution in [0.25, 0.3) is 0 Å². The Kier molecular flexibility index (Phi) is 68.6. The highest BCUT2D eigenvalue weighted by atomic mass is 16.6. The van der Waals surface area contributed by atoms with E-state index in [0.717, 1.165) is 70.6 Å². The van der Waals surface area contributed by atoms with Crippen LogP contribution in [0.5, 0.6) is 0 Å². The van der Waals surface area contributed by atoms with Crippen LogP contribution in [0, 0.1) is 0 Å². The number of allylic oxidation sites excluding steroid dienone is 8. The van der Waals surface area contributed by atoms with Crippen molar-refractivity contribution in [2.75, 3.05) is 13.2 Å². The van der Waals surface area contributed by atoms with Crippen LogP contribution in [0.2, 0.25) is 0 Å². The zero-order valence-electron chi connectivity index (χ0n) is 55.3. The molecular weight excluding hydrogens is 1010 g/mol. The molecule has 82 heavy (non-hydrogen) atoms. The van der Waals surface area contributed by atoms with E-state index in [-0.39, 0.29) is 31.1 Å². The van der Waals surface area contributed by atoms with Gasteiger partial charge in [0, 0.05) is 19.3 Å². The summed E-state index contributed by atoms with van der Waals surface area (Å²) in [6, 6.07) is 0. The Morgan fingerprint density at radius 3 is 0.683 bits per heavy atom. The molecule has 0 fully saturated rings. The molecule has 0 radical (unpaired) electrons. The van der Waals surface area contributed by atoms with Gasteiger partial charge in [0.15, 0.2) is 6.10 Å². The topological polar surface area (TPSA) is 78.9 Å². The molecule has 0 aromatic carbocycles. The predicted octanol–water partition coefficient (Wildman–Crippen LogP) is 25.3. The van der Waals surface area contributed by atoms with Gasteiger partial charge in [0.1, 0.15) is 13.2 Å². The highest BCUT2D eigenvalue weighted by molar-refractivity contribution is 5.71. The lowest BCUT2D eigenvalue weighted by molar-refractivity contribution is -0.167. The van der Waals surface area contributed by atoms with E-state index >= 15 is 0 Å². The van der Waals surface area contributed by atoms with Crippen LogP contribution in [0.1, 0.15) is 400 Å². The third kappa shape index (κ3) is 68.2. The fourth-order valence-electron chi connectivity index (χ4n) is 11.0. The van der Waals surface area contributed by atoms with Gasteiger partial charge in [-0.3, -0.25) is 14.4 Å². The number of carbonyl (C=O) groups is 3. The Morgan fingerprint density at radius 1 is 0.244 bits per heavy atom. The largest absolute Gasteiger partial charge is 0.462 e. The van der Waals surface area contributed by atoms with Crippen molar-refractivity contribution in [3.8, 4) is 0 Å². The van der Waals surface area contributed by atoms with Gasteiger partial charge in [-0.1, -0.05) is 326 Å². The Bertz CT molecular complexity index is 1410. The first-order chi connectivity index (χ1) is 40.5. The average Bonchev–Trinajstić information content (AvgIpc) is 3.47. The smallest absolute Gasteiger partial charge is 0.306 e. The molecule has 480 valence electrons. The van der Waals surface area contributed by atoms with E-state index in [1.807, 2.05) is 0 Å². The van der Waals surface area contributed by atoms with E-state index in [1.165, 1.54) is 289 Å². The molecule has 0 aromatic rings. The van der Waals surface area contributed by atoms with Gasteiger partial charge in [-0.05, 0) is 103 Å². The van der Waals surface area contributed by atoms with E-state index in [2.05, 4.69) is 69.4 Å². The quantitative estimate of drug-likeness (QED) is 0.0261. The van der Waals surface area contributed by atoms with E-state index in [1.54, 1.807) is 0 Å². The zero-order chi connectivity index (χ0) is 59.2. The predicted molar refractivity (Wildman–Crippen MR) is 358 cm³/mol. The third-order valence-electron chi connectivity index (χ3n) is 16.5. The van der Waals surface area contributed by atoms with Crippen LogP contribution >= 0.6 is 0 Å². The number of hydrogen-bond acceptors (Lipinski definition) is 6. The minimum atomic E-state index is -0.778. The zero-order valence-corrected chi connectivity index (χ0v) is 55.3. The average molecular weight is 1150 g/mol. The molecule has 0 spiro atoms. The molecule has 0 heterocycles. The van der Waals surface area contributed by atoms with E-state index < -0.39 is 6.10 Å². The van der Waals surface area contributed by atoms with Crippen molar-refractivity contribution in [2.24, 2.45) is 0 Å². The summed E-state index contributed by atoms with van der Waals surface area (Å²) in [6.45, 7) is 6.69. The number of esters is 3. The van der Waals surface area contributed by atoms with Crippen molar-refractivity contribution in [3.05, 3.63) is 48.6 Å². The summed E-state index contributed by atoms with van der Waals surface area (Å²) in [5.74, 6) is -0.856. The molecule has 0 aliphatic rings. The maximum Gasteiger partial charge on any atom is 0.306 e. The summed E-state index contributed by atoms with van der Waals surface area (Å²) >= 11 is 0. The second-order valence-electron chi connectivity index (χ2n) is 24.8.